The second-order valence-electron chi connectivity index (χ2n) is 6.88. The molecule has 0 unspecified atom stereocenters. The van der Waals surface area contributed by atoms with E-state index in [-0.39, 0.29) is 17.4 Å². The molecule has 0 atom stereocenters. The third kappa shape index (κ3) is 5.41. The minimum atomic E-state index is -4.89. The van der Waals surface area contributed by atoms with Gasteiger partial charge in [-0.2, -0.15) is 36.6 Å². The quantitative estimate of drug-likeness (QED) is 0.719. The molecular weight excluding hydrogens is 416 g/mol. The molecule has 1 aliphatic heterocycles. The SMILES string of the molecule is N#Cc1ccc(N(Cc2noc(C3CCNCC3)n2)CC(F)(F)F)cc1C(F)(F)F. The van der Waals surface area contributed by atoms with Crippen LogP contribution < -0.4 is 10.2 Å². The van der Waals surface area contributed by atoms with Crippen molar-refractivity contribution in [2.75, 3.05) is 24.5 Å². The second-order valence-corrected chi connectivity index (χ2v) is 6.88. The lowest BCUT2D eigenvalue weighted by Crippen LogP contribution is -2.34. The van der Waals surface area contributed by atoms with Gasteiger partial charge in [-0.15, -0.1) is 0 Å². The van der Waals surface area contributed by atoms with Crippen molar-refractivity contribution in [2.24, 2.45) is 0 Å². The molecule has 12 heteroatoms. The summed E-state index contributed by atoms with van der Waals surface area (Å²) in [6, 6.07) is 3.81. The van der Waals surface area contributed by atoms with Crippen LogP contribution in [0.5, 0.6) is 0 Å². The first-order valence-corrected chi connectivity index (χ1v) is 9.03. The Morgan fingerprint density at radius 1 is 1.17 bits per heavy atom. The highest BCUT2D eigenvalue weighted by Gasteiger charge is 2.36. The zero-order valence-electron chi connectivity index (χ0n) is 15.5. The molecule has 0 amide bonds. The Labute approximate surface area is 167 Å². The van der Waals surface area contributed by atoms with E-state index in [9.17, 15) is 26.3 Å². The van der Waals surface area contributed by atoms with Gasteiger partial charge in [0.15, 0.2) is 5.82 Å². The fourth-order valence-electron chi connectivity index (χ4n) is 3.25. The van der Waals surface area contributed by atoms with E-state index in [1.165, 1.54) is 6.07 Å². The molecular formula is C18H17F6N5O. The smallest absolute Gasteiger partial charge is 0.355 e. The first-order valence-electron chi connectivity index (χ1n) is 9.03. The molecule has 3 rings (SSSR count). The summed E-state index contributed by atoms with van der Waals surface area (Å²) in [7, 11) is 0. The molecule has 1 fully saturated rings. The van der Waals surface area contributed by atoms with Gasteiger partial charge in [-0.1, -0.05) is 5.16 Å². The fraction of sp³-hybridized carbons (Fsp3) is 0.500. The zero-order valence-corrected chi connectivity index (χ0v) is 15.5. The van der Waals surface area contributed by atoms with Crippen LogP contribution in [0, 0.1) is 11.3 Å². The molecule has 0 spiro atoms. The molecule has 2 aromatic rings. The predicted octanol–water partition coefficient (Wildman–Crippen LogP) is 4.00. The van der Waals surface area contributed by atoms with Gasteiger partial charge in [0.25, 0.3) is 0 Å². The van der Waals surface area contributed by atoms with Crippen LogP contribution >= 0.6 is 0 Å². The van der Waals surface area contributed by atoms with Crippen molar-refractivity contribution in [3.63, 3.8) is 0 Å². The number of anilines is 1. The van der Waals surface area contributed by atoms with E-state index in [4.69, 9.17) is 9.78 Å². The Kier molecular flexibility index (Phi) is 6.21. The number of benzene rings is 1. The van der Waals surface area contributed by atoms with Gasteiger partial charge in [0, 0.05) is 11.6 Å². The summed E-state index contributed by atoms with van der Waals surface area (Å²) in [5.74, 6) is 0.218. The molecule has 0 aliphatic carbocycles. The standard InChI is InChI=1S/C18H17F6N5O/c19-17(20,21)10-29(13-2-1-12(8-25)14(7-13)18(22,23)24)9-15-27-16(30-28-15)11-3-5-26-6-4-11/h1-2,7,11,26H,3-6,9-10H2. The van der Waals surface area contributed by atoms with E-state index < -0.39 is 36.6 Å². The molecule has 162 valence electrons. The second kappa shape index (κ2) is 8.51. The van der Waals surface area contributed by atoms with Gasteiger partial charge in [-0.3, -0.25) is 0 Å². The zero-order chi connectivity index (χ0) is 21.9. The van der Waals surface area contributed by atoms with Gasteiger partial charge in [-0.25, -0.2) is 0 Å². The van der Waals surface area contributed by atoms with Gasteiger partial charge in [0.05, 0.1) is 23.7 Å². The molecule has 1 aliphatic rings. The Balaban J connectivity index is 1.89. The summed E-state index contributed by atoms with van der Waals surface area (Å²) >= 11 is 0. The average Bonchev–Trinajstić information content (AvgIpc) is 3.14. The third-order valence-corrected chi connectivity index (χ3v) is 4.67. The predicted molar refractivity (Wildman–Crippen MR) is 92.4 cm³/mol. The number of nitrogens with one attached hydrogen (secondary N) is 1. The Hall–Kier alpha value is -2.81. The Morgan fingerprint density at radius 3 is 2.47 bits per heavy atom. The van der Waals surface area contributed by atoms with Gasteiger partial charge >= 0.3 is 12.4 Å². The minimum Gasteiger partial charge on any atom is -0.355 e. The van der Waals surface area contributed by atoms with Crippen molar-refractivity contribution in [2.45, 2.75) is 37.7 Å². The summed E-state index contributed by atoms with van der Waals surface area (Å²) in [5, 5.41) is 15.7. The largest absolute Gasteiger partial charge is 0.417 e. The maximum absolute atomic E-state index is 13.2. The maximum atomic E-state index is 13.2. The van der Waals surface area contributed by atoms with Gasteiger partial charge in [0.2, 0.25) is 5.89 Å². The van der Waals surface area contributed by atoms with Crippen molar-refractivity contribution in [1.29, 1.82) is 5.26 Å². The number of hydrogen-bond donors (Lipinski definition) is 1. The minimum absolute atomic E-state index is 0.0182. The number of aromatic nitrogens is 2. The van der Waals surface area contributed by atoms with Crippen molar-refractivity contribution in [1.82, 2.24) is 15.5 Å². The lowest BCUT2D eigenvalue weighted by atomic mass is 9.98. The Bertz CT molecular complexity index is 911. The molecule has 6 nitrogen and oxygen atoms in total. The number of rotatable bonds is 5. The van der Waals surface area contributed by atoms with E-state index in [0.29, 0.717) is 16.9 Å². The van der Waals surface area contributed by atoms with E-state index in [0.717, 1.165) is 38.1 Å². The highest BCUT2D eigenvalue weighted by Crippen LogP contribution is 2.35. The highest BCUT2D eigenvalue weighted by atomic mass is 19.4. The number of piperidine rings is 1. The summed E-state index contributed by atoms with van der Waals surface area (Å²) in [5.41, 5.74) is -2.34. The third-order valence-electron chi connectivity index (χ3n) is 4.67. The van der Waals surface area contributed by atoms with E-state index in [1.807, 2.05) is 0 Å². The van der Waals surface area contributed by atoms with E-state index in [1.54, 1.807) is 0 Å². The van der Waals surface area contributed by atoms with Gasteiger partial charge < -0.3 is 14.7 Å². The van der Waals surface area contributed by atoms with Crippen molar-refractivity contribution in [3.8, 4) is 6.07 Å². The summed E-state index contributed by atoms with van der Waals surface area (Å²) in [4.78, 5) is 4.82. The molecule has 0 bridgehead atoms. The fourth-order valence-corrected chi connectivity index (χ4v) is 3.25. The summed E-state index contributed by atoms with van der Waals surface area (Å²) in [6.45, 7) is -0.535. The first kappa shape index (κ1) is 21.9. The molecule has 1 aromatic heterocycles. The molecule has 30 heavy (non-hydrogen) atoms. The van der Waals surface area contributed by atoms with Gasteiger partial charge in [-0.05, 0) is 44.1 Å². The topological polar surface area (TPSA) is 78.0 Å². The van der Waals surface area contributed by atoms with Crippen molar-refractivity contribution >= 4 is 5.69 Å². The number of nitriles is 1. The average molecular weight is 433 g/mol. The van der Waals surface area contributed by atoms with Crippen LogP contribution in [0.3, 0.4) is 0 Å². The van der Waals surface area contributed by atoms with Crippen LogP contribution in [0.1, 0.15) is 41.6 Å². The van der Waals surface area contributed by atoms with Crippen LogP contribution in [0.15, 0.2) is 22.7 Å². The van der Waals surface area contributed by atoms with Crippen LogP contribution in [-0.4, -0.2) is 36.0 Å². The number of alkyl halides is 6. The van der Waals surface area contributed by atoms with Crippen molar-refractivity contribution < 1.29 is 30.9 Å². The molecule has 0 radical (unpaired) electrons. The Morgan fingerprint density at radius 2 is 1.87 bits per heavy atom. The lowest BCUT2D eigenvalue weighted by Gasteiger charge is -2.25. The van der Waals surface area contributed by atoms with Crippen LogP contribution in [0.2, 0.25) is 0 Å². The molecule has 2 heterocycles. The summed E-state index contributed by atoms with van der Waals surface area (Å²) < 4.78 is 84.1. The lowest BCUT2D eigenvalue weighted by molar-refractivity contribution is -0.137. The monoisotopic (exact) mass is 433 g/mol. The van der Waals surface area contributed by atoms with Crippen LogP contribution in [0.25, 0.3) is 0 Å². The number of hydrogen-bond acceptors (Lipinski definition) is 6. The highest BCUT2D eigenvalue weighted by molar-refractivity contribution is 5.55. The van der Waals surface area contributed by atoms with E-state index >= 15 is 0 Å². The van der Waals surface area contributed by atoms with Gasteiger partial charge in [0.1, 0.15) is 6.54 Å². The van der Waals surface area contributed by atoms with Crippen molar-refractivity contribution in [3.05, 3.63) is 41.0 Å². The first-order chi connectivity index (χ1) is 14.1. The van der Waals surface area contributed by atoms with Crippen LogP contribution in [-0.2, 0) is 12.7 Å². The maximum Gasteiger partial charge on any atom is 0.417 e. The molecule has 1 saturated heterocycles. The van der Waals surface area contributed by atoms with E-state index in [2.05, 4.69) is 15.5 Å². The van der Waals surface area contributed by atoms with Crippen LogP contribution in [0.4, 0.5) is 32.0 Å². The summed E-state index contributed by atoms with van der Waals surface area (Å²) in [6.07, 6.45) is -8.11. The normalized spacial score (nSPS) is 15.8. The number of halogens is 6. The molecule has 1 aromatic carbocycles. The molecule has 0 saturated carbocycles. The molecule has 1 N–H and O–H groups in total. The number of nitrogens with zero attached hydrogens (tertiary/aromatic N) is 4.